The summed E-state index contributed by atoms with van der Waals surface area (Å²) in [4.78, 5) is 28.8. The van der Waals surface area contributed by atoms with Gasteiger partial charge in [0.1, 0.15) is 11.4 Å². The van der Waals surface area contributed by atoms with E-state index in [0.717, 1.165) is 44.5 Å². The van der Waals surface area contributed by atoms with Crippen LogP contribution >= 0.6 is 0 Å². The number of hydrogen-bond donors (Lipinski definition) is 2. The molecule has 6 heteroatoms. The number of rotatable bonds is 9. The number of H-pyrrole nitrogens is 1. The van der Waals surface area contributed by atoms with Crippen LogP contribution in [0.1, 0.15) is 61.1 Å². The molecule has 1 heterocycles. The van der Waals surface area contributed by atoms with Crippen LogP contribution in [0.5, 0.6) is 5.75 Å². The van der Waals surface area contributed by atoms with E-state index in [4.69, 9.17) is 9.47 Å². The molecule has 1 amide bonds. The molecule has 0 fully saturated rings. The fraction of sp³-hybridized carbons (Fsp3) is 0.312. The van der Waals surface area contributed by atoms with Gasteiger partial charge in [-0.25, -0.2) is 0 Å². The normalized spacial score (nSPS) is 12.2. The average molecular weight is 513 g/mol. The minimum absolute atomic E-state index is 0.0910. The van der Waals surface area contributed by atoms with Crippen molar-refractivity contribution in [2.45, 2.75) is 58.6 Å². The summed E-state index contributed by atoms with van der Waals surface area (Å²) < 4.78 is 11.1. The first kappa shape index (κ1) is 27.0. The van der Waals surface area contributed by atoms with E-state index in [9.17, 15) is 9.59 Å². The molecule has 0 aliphatic rings. The molecule has 4 aromatic rings. The third-order valence-corrected chi connectivity index (χ3v) is 6.35. The fourth-order valence-electron chi connectivity index (χ4n) is 4.61. The Balaban J connectivity index is 1.52. The molecule has 6 nitrogen and oxygen atoms in total. The number of aromatic nitrogens is 1. The van der Waals surface area contributed by atoms with Crippen molar-refractivity contribution in [2.24, 2.45) is 0 Å². The van der Waals surface area contributed by atoms with E-state index < -0.39 is 5.60 Å². The third kappa shape index (κ3) is 6.82. The van der Waals surface area contributed by atoms with E-state index in [1.54, 1.807) is 7.11 Å². The van der Waals surface area contributed by atoms with Crippen molar-refractivity contribution in [2.75, 3.05) is 7.11 Å². The van der Waals surface area contributed by atoms with Crippen molar-refractivity contribution >= 4 is 22.8 Å². The largest absolute Gasteiger partial charge is 0.496 e. The summed E-state index contributed by atoms with van der Waals surface area (Å²) in [6, 6.07) is 21.5. The summed E-state index contributed by atoms with van der Waals surface area (Å²) in [6.45, 7) is 7.61. The number of benzene rings is 3. The van der Waals surface area contributed by atoms with Gasteiger partial charge in [-0.05, 0) is 74.6 Å². The number of nitrogens with one attached hydrogen (secondary N) is 2. The number of aromatic amines is 1. The van der Waals surface area contributed by atoms with E-state index in [0.29, 0.717) is 12.8 Å². The number of hydrogen-bond acceptors (Lipinski definition) is 4. The minimum atomic E-state index is -0.502. The van der Waals surface area contributed by atoms with Gasteiger partial charge in [0.15, 0.2) is 0 Å². The maximum absolute atomic E-state index is 13.3. The first-order valence-corrected chi connectivity index (χ1v) is 12.9. The van der Waals surface area contributed by atoms with Gasteiger partial charge in [0.25, 0.3) is 0 Å². The van der Waals surface area contributed by atoms with Crippen LogP contribution in [0.2, 0.25) is 0 Å². The number of amides is 1. The third-order valence-electron chi connectivity index (χ3n) is 6.35. The number of methoxy groups -OCH3 is 1. The van der Waals surface area contributed by atoms with Crippen LogP contribution in [0, 0.1) is 6.92 Å². The van der Waals surface area contributed by atoms with Gasteiger partial charge in [-0.3, -0.25) is 9.59 Å². The van der Waals surface area contributed by atoms with Crippen molar-refractivity contribution in [3.63, 3.8) is 0 Å². The highest BCUT2D eigenvalue weighted by Crippen LogP contribution is 2.31. The van der Waals surface area contributed by atoms with Gasteiger partial charge in [-0.2, -0.15) is 0 Å². The molecule has 2 N–H and O–H groups in total. The van der Waals surface area contributed by atoms with E-state index in [2.05, 4.69) is 10.3 Å². The zero-order chi connectivity index (χ0) is 27.3. The van der Waals surface area contributed by atoms with Crippen LogP contribution in [0.15, 0.2) is 72.9 Å². The van der Waals surface area contributed by atoms with Gasteiger partial charge >= 0.3 is 5.97 Å². The molecule has 0 bridgehead atoms. The van der Waals surface area contributed by atoms with Gasteiger partial charge in [0.05, 0.1) is 19.6 Å². The highest BCUT2D eigenvalue weighted by atomic mass is 16.6. The standard InChI is InChI=1S/C32H36N2O4/c1-21-11-14-25(28(17-21)37-5)31(23-9-7-6-8-10-23)34-29(35)19-22-12-15-27-26(18-22)24(20-33-27)13-16-30(36)38-32(2,3)4/h6-12,14-15,17-18,20,31,33H,13,16,19H2,1-5H3,(H,34,35). The molecule has 1 unspecified atom stereocenters. The molecule has 0 radical (unpaired) electrons. The van der Waals surface area contributed by atoms with Crippen molar-refractivity contribution in [3.8, 4) is 5.75 Å². The second-order valence-corrected chi connectivity index (χ2v) is 10.6. The number of carbonyl (C=O) groups is 2. The van der Waals surface area contributed by atoms with Crippen molar-refractivity contribution in [1.29, 1.82) is 0 Å². The summed E-state index contributed by atoms with van der Waals surface area (Å²) in [5, 5.41) is 4.24. The molecule has 0 spiro atoms. The Morgan fingerprint density at radius 1 is 1.00 bits per heavy atom. The minimum Gasteiger partial charge on any atom is -0.496 e. The Hall–Kier alpha value is -4.06. The Morgan fingerprint density at radius 2 is 1.76 bits per heavy atom. The first-order valence-electron chi connectivity index (χ1n) is 12.9. The molecular weight excluding hydrogens is 476 g/mol. The zero-order valence-electron chi connectivity index (χ0n) is 22.8. The SMILES string of the molecule is COc1cc(C)ccc1C(NC(=O)Cc1ccc2[nH]cc(CCC(=O)OC(C)(C)C)c2c1)c1ccccc1. The van der Waals surface area contributed by atoms with Crippen LogP contribution in [0.4, 0.5) is 0 Å². The van der Waals surface area contributed by atoms with Crippen LogP contribution in [0.3, 0.4) is 0 Å². The van der Waals surface area contributed by atoms with Crippen molar-refractivity contribution in [1.82, 2.24) is 10.3 Å². The predicted octanol–water partition coefficient (Wildman–Crippen LogP) is 6.21. The van der Waals surface area contributed by atoms with Gasteiger partial charge in [-0.15, -0.1) is 0 Å². The number of esters is 1. The molecule has 1 aromatic heterocycles. The molecule has 3 aromatic carbocycles. The number of ether oxygens (including phenoxy) is 2. The maximum atomic E-state index is 13.3. The summed E-state index contributed by atoms with van der Waals surface area (Å²) in [5.74, 6) is 0.426. The molecule has 0 aliphatic heterocycles. The quantitative estimate of drug-likeness (QED) is 0.261. The Morgan fingerprint density at radius 3 is 2.47 bits per heavy atom. The average Bonchev–Trinajstić information content (AvgIpc) is 3.28. The Bertz CT molecular complexity index is 1420. The lowest BCUT2D eigenvalue weighted by Crippen LogP contribution is -2.30. The van der Waals surface area contributed by atoms with Gasteiger partial charge in [0.2, 0.25) is 5.91 Å². The molecule has 0 saturated heterocycles. The van der Waals surface area contributed by atoms with Crippen LogP contribution in [-0.4, -0.2) is 29.6 Å². The first-order chi connectivity index (χ1) is 18.1. The van der Waals surface area contributed by atoms with Gasteiger partial charge in [0, 0.05) is 29.1 Å². The Labute approximate surface area is 224 Å². The molecule has 38 heavy (non-hydrogen) atoms. The van der Waals surface area contributed by atoms with Gasteiger partial charge < -0.3 is 19.8 Å². The number of carbonyl (C=O) groups excluding carboxylic acids is 2. The highest BCUT2D eigenvalue weighted by molar-refractivity contribution is 5.86. The lowest BCUT2D eigenvalue weighted by Gasteiger charge is -2.22. The van der Waals surface area contributed by atoms with E-state index in [1.165, 1.54) is 0 Å². The highest BCUT2D eigenvalue weighted by Gasteiger charge is 2.21. The van der Waals surface area contributed by atoms with Crippen LogP contribution in [0.25, 0.3) is 10.9 Å². The molecule has 198 valence electrons. The summed E-state index contributed by atoms with van der Waals surface area (Å²) in [6.07, 6.45) is 3.01. The summed E-state index contributed by atoms with van der Waals surface area (Å²) >= 11 is 0. The topological polar surface area (TPSA) is 80.4 Å². The maximum Gasteiger partial charge on any atom is 0.306 e. The lowest BCUT2D eigenvalue weighted by atomic mass is 9.96. The second-order valence-electron chi connectivity index (χ2n) is 10.6. The summed E-state index contributed by atoms with van der Waals surface area (Å²) in [7, 11) is 1.65. The molecule has 0 saturated carbocycles. The lowest BCUT2D eigenvalue weighted by molar-refractivity contribution is -0.154. The molecular formula is C32H36N2O4. The molecule has 1 atom stereocenters. The van der Waals surface area contributed by atoms with E-state index in [1.807, 2.05) is 101 Å². The zero-order valence-corrected chi connectivity index (χ0v) is 22.8. The Kier molecular flexibility index (Phi) is 8.20. The number of fused-ring (bicyclic) bond motifs is 1. The van der Waals surface area contributed by atoms with Crippen molar-refractivity contribution in [3.05, 3.63) is 101 Å². The number of aryl methyl sites for hydroxylation is 2. The van der Waals surface area contributed by atoms with E-state index in [-0.39, 0.29) is 24.3 Å². The van der Waals surface area contributed by atoms with Crippen LogP contribution < -0.4 is 10.1 Å². The molecule has 4 rings (SSSR count). The van der Waals surface area contributed by atoms with E-state index >= 15 is 0 Å². The van der Waals surface area contributed by atoms with Crippen LogP contribution in [-0.2, 0) is 27.2 Å². The molecule has 0 aliphatic carbocycles. The predicted molar refractivity (Wildman–Crippen MR) is 150 cm³/mol. The smallest absolute Gasteiger partial charge is 0.306 e. The second kappa shape index (κ2) is 11.5. The fourth-order valence-corrected chi connectivity index (χ4v) is 4.61. The summed E-state index contributed by atoms with van der Waals surface area (Å²) in [5.41, 5.74) is 5.37. The van der Waals surface area contributed by atoms with Crippen molar-refractivity contribution < 1.29 is 19.1 Å². The monoisotopic (exact) mass is 512 g/mol. The van der Waals surface area contributed by atoms with Gasteiger partial charge in [-0.1, -0.05) is 48.5 Å².